The summed E-state index contributed by atoms with van der Waals surface area (Å²) < 4.78 is 7.68. The zero-order valence-electron chi connectivity index (χ0n) is 16.3. The fourth-order valence-corrected chi connectivity index (χ4v) is 4.89. The number of hydrogen-bond donors (Lipinski definition) is 0. The molecule has 0 saturated heterocycles. The molecular weight excluding hydrogens is 459 g/mol. The third-order valence-electron chi connectivity index (χ3n) is 4.38. The average Bonchev–Trinajstić information content (AvgIpc) is 3.33. The van der Waals surface area contributed by atoms with E-state index in [0.717, 1.165) is 27.2 Å². The molecule has 30 heavy (non-hydrogen) atoms. The van der Waals surface area contributed by atoms with Crippen molar-refractivity contribution in [1.29, 1.82) is 0 Å². The Hall–Kier alpha value is -2.06. The van der Waals surface area contributed by atoms with Crippen LogP contribution in [0.1, 0.15) is 17.1 Å². The lowest BCUT2D eigenvalue weighted by atomic mass is 10.2. The van der Waals surface area contributed by atoms with Gasteiger partial charge in [0.05, 0.1) is 10.7 Å². The number of aromatic nitrogens is 4. The number of aryl methyl sites for hydroxylation is 1. The highest BCUT2D eigenvalue weighted by molar-refractivity contribution is 7.98. The van der Waals surface area contributed by atoms with E-state index in [4.69, 9.17) is 32.9 Å². The van der Waals surface area contributed by atoms with Gasteiger partial charge in [-0.05, 0) is 25.1 Å². The van der Waals surface area contributed by atoms with E-state index in [0.29, 0.717) is 21.6 Å². The van der Waals surface area contributed by atoms with Gasteiger partial charge < -0.3 is 9.30 Å². The van der Waals surface area contributed by atoms with E-state index in [2.05, 4.69) is 46.8 Å². The van der Waals surface area contributed by atoms with Crippen LogP contribution < -0.4 is 4.74 Å². The Kier molecular flexibility index (Phi) is 6.63. The van der Waals surface area contributed by atoms with Crippen molar-refractivity contribution in [3.63, 3.8) is 0 Å². The molecule has 2 aromatic heterocycles. The molecule has 0 unspecified atom stereocenters. The Morgan fingerprint density at radius 3 is 2.67 bits per heavy atom. The number of benzene rings is 2. The lowest BCUT2D eigenvalue weighted by Gasteiger charge is -2.08. The molecule has 0 aliphatic rings. The third kappa shape index (κ3) is 4.98. The molecule has 2 aromatic carbocycles. The molecule has 154 valence electrons. The van der Waals surface area contributed by atoms with Gasteiger partial charge in [0.2, 0.25) is 0 Å². The van der Waals surface area contributed by atoms with E-state index in [1.54, 1.807) is 41.3 Å². The molecule has 0 N–H and O–H groups in total. The highest BCUT2D eigenvalue weighted by Crippen LogP contribution is 2.29. The molecule has 5 nitrogen and oxygen atoms in total. The number of thioether (sulfide) groups is 1. The minimum Gasteiger partial charge on any atom is -0.484 e. The van der Waals surface area contributed by atoms with Crippen LogP contribution in [-0.2, 0) is 19.4 Å². The highest BCUT2D eigenvalue weighted by Gasteiger charge is 2.13. The third-order valence-corrected chi connectivity index (χ3v) is 6.90. The van der Waals surface area contributed by atoms with Gasteiger partial charge in [0, 0.05) is 28.8 Å². The van der Waals surface area contributed by atoms with E-state index in [1.165, 1.54) is 5.56 Å². The smallest absolute Gasteiger partial charge is 0.191 e. The molecule has 0 amide bonds. The quantitative estimate of drug-likeness (QED) is 0.287. The molecule has 4 rings (SSSR count). The molecule has 0 bridgehead atoms. The van der Waals surface area contributed by atoms with Crippen LogP contribution in [0.5, 0.6) is 5.75 Å². The van der Waals surface area contributed by atoms with Crippen LogP contribution in [0.15, 0.2) is 53.0 Å². The summed E-state index contributed by atoms with van der Waals surface area (Å²) in [5, 5.41) is 13.5. The number of ether oxygens (including phenoxy) is 1. The Balaban J connectivity index is 1.37. The second-order valence-corrected chi connectivity index (χ2v) is 9.26. The second kappa shape index (κ2) is 9.39. The van der Waals surface area contributed by atoms with Gasteiger partial charge in [0.15, 0.2) is 11.0 Å². The maximum Gasteiger partial charge on any atom is 0.191 e. The first-order valence-corrected chi connectivity index (χ1v) is 11.7. The predicted molar refractivity (Wildman–Crippen MR) is 124 cm³/mol. The molecule has 0 radical (unpaired) electrons. The van der Waals surface area contributed by atoms with Crippen molar-refractivity contribution in [2.24, 2.45) is 7.05 Å². The summed E-state index contributed by atoms with van der Waals surface area (Å²) in [6.45, 7) is 2.34. The maximum atomic E-state index is 6.15. The molecule has 9 heteroatoms. The standard InChI is InChI=1S/C21H18Cl2N4OS2/c1-13-3-5-14(6-4-13)20-24-16(11-29-20)12-30-21-26-25-19(27(21)2)10-28-18-8-7-15(22)9-17(18)23/h3-9,11H,10,12H2,1-2H3. The molecule has 0 fully saturated rings. The van der Waals surface area contributed by atoms with E-state index in [-0.39, 0.29) is 6.61 Å². The van der Waals surface area contributed by atoms with E-state index >= 15 is 0 Å². The van der Waals surface area contributed by atoms with E-state index in [9.17, 15) is 0 Å². The van der Waals surface area contributed by atoms with Gasteiger partial charge in [-0.1, -0.05) is 64.8 Å². The summed E-state index contributed by atoms with van der Waals surface area (Å²) in [6, 6.07) is 13.5. The van der Waals surface area contributed by atoms with Gasteiger partial charge in [-0.15, -0.1) is 21.5 Å². The van der Waals surface area contributed by atoms with Crippen LogP contribution in [0, 0.1) is 6.92 Å². The molecule has 0 atom stereocenters. The van der Waals surface area contributed by atoms with Gasteiger partial charge in [-0.25, -0.2) is 4.98 Å². The molecule has 0 aliphatic heterocycles. The summed E-state index contributed by atoms with van der Waals surface area (Å²) in [5.74, 6) is 1.99. The lowest BCUT2D eigenvalue weighted by molar-refractivity contribution is 0.290. The Bertz CT molecular complexity index is 1160. The summed E-state index contributed by atoms with van der Waals surface area (Å²) >= 11 is 15.3. The monoisotopic (exact) mass is 476 g/mol. The van der Waals surface area contributed by atoms with Gasteiger partial charge in [-0.3, -0.25) is 0 Å². The lowest BCUT2D eigenvalue weighted by Crippen LogP contribution is -2.04. The zero-order valence-corrected chi connectivity index (χ0v) is 19.4. The summed E-state index contributed by atoms with van der Waals surface area (Å²) in [5.41, 5.74) is 3.40. The minimum atomic E-state index is 0.264. The number of nitrogens with zero attached hydrogens (tertiary/aromatic N) is 4. The van der Waals surface area contributed by atoms with Crippen LogP contribution in [-0.4, -0.2) is 19.7 Å². The van der Waals surface area contributed by atoms with Crippen LogP contribution >= 0.6 is 46.3 Å². The first-order chi connectivity index (χ1) is 14.5. The molecular formula is C21H18Cl2N4OS2. The van der Waals surface area contributed by atoms with Crippen LogP contribution in [0.4, 0.5) is 0 Å². The van der Waals surface area contributed by atoms with Gasteiger partial charge in [-0.2, -0.15) is 0 Å². The van der Waals surface area contributed by atoms with Gasteiger partial charge in [0.1, 0.15) is 17.4 Å². The summed E-state index contributed by atoms with van der Waals surface area (Å²) in [6.07, 6.45) is 0. The van der Waals surface area contributed by atoms with Gasteiger partial charge >= 0.3 is 0 Å². The topological polar surface area (TPSA) is 52.8 Å². The maximum absolute atomic E-state index is 6.15. The Labute approximate surface area is 193 Å². The average molecular weight is 477 g/mol. The van der Waals surface area contributed by atoms with E-state index < -0.39 is 0 Å². The highest BCUT2D eigenvalue weighted by atomic mass is 35.5. The predicted octanol–water partition coefficient (Wildman–Crippen LogP) is 6.43. The number of hydrogen-bond acceptors (Lipinski definition) is 6. The summed E-state index contributed by atoms with van der Waals surface area (Å²) in [4.78, 5) is 4.74. The van der Waals surface area contributed by atoms with Crippen molar-refractivity contribution in [2.75, 3.05) is 0 Å². The molecule has 4 aromatic rings. The van der Waals surface area contributed by atoms with Crippen LogP contribution in [0.2, 0.25) is 10.0 Å². The van der Waals surface area contributed by atoms with Crippen molar-refractivity contribution in [3.8, 4) is 16.3 Å². The van der Waals surface area contributed by atoms with Crippen molar-refractivity contribution < 1.29 is 4.74 Å². The fourth-order valence-electron chi connectivity index (χ4n) is 2.67. The molecule has 0 spiro atoms. The zero-order chi connectivity index (χ0) is 21.1. The number of halogens is 2. The largest absolute Gasteiger partial charge is 0.484 e. The number of rotatable bonds is 7. The Morgan fingerprint density at radius 1 is 1.10 bits per heavy atom. The summed E-state index contributed by atoms with van der Waals surface area (Å²) in [7, 11) is 1.92. The molecule has 2 heterocycles. The van der Waals surface area contributed by atoms with Gasteiger partial charge in [0.25, 0.3) is 0 Å². The first kappa shape index (κ1) is 21.2. The van der Waals surface area contributed by atoms with Crippen molar-refractivity contribution in [3.05, 3.63) is 75.0 Å². The van der Waals surface area contributed by atoms with Crippen LogP contribution in [0.3, 0.4) is 0 Å². The van der Waals surface area contributed by atoms with Crippen molar-refractivity contribution in [2.45, 2.75) is 24.4 Å². The SMILES string of the molecule is Cc1ccc(-c2nc(CSc3nnc(COc4ccc(Cl)cc4Cl)n3C)cs2)cc1. The minimum absolute atomic E-state index is 0.264. The van der Waals surface area contributed by atoms with Crippen LogP contribution in [0.25, 0.3) is 10.6 Å². The van der Waals surface area contributed by atoms with Crippen molar-refractivity contribution >= 4 is 46.3 Å². The fraction of sp³-hybridized carbons (Fsp3) is 0.190. The van der Waals surface area contributed by atoms with Crippen molar-refractivity contribution in [1.82, 2.24) is 19.7 Å². The normalized spacial score (nSPS) is 11.1. The Morgan fingerprint density at radius 2 is 1.90 bits per heavy atom. The molecule has 0 saturated carbocycles. The van der Waals surface area contributed by atoms with E-state index in [1.807, 2.05) is 11.6 Å². The first-order valence-electron chi connectivity index (χ1n) is 9.10. The second-order valence-electron chi connectivity index (χ2n) is 6.62. The molecule has 0 aliphatic carbocycles. The number of thiazole rings is 1.